The van der Waals surface area contributed by atoms with Gasteiger partial charge in [0.25, 0.3) is 11.8 Å². The maximum Gasteiger partial charge on any atom is 0.271 e. The second kappa shape index (κ2) is 12.7. The first-order chi connectivity index (χ1) is 17.3. The third kappa shape index (κ3) is 7.08. The lowest BCUT2D eigenvalue weighted by Crippen LogP contribution is -2.21. The molecule has 0 aromatic heterocycles. The van der Waals surface area contributed by atoms with Crippen LogP contribution in [0.3, 0.4) is 0 Å². The number of ether oxygens (including phenoxy) is 3. The van der Waals surface area contributed by atoms with Crippen molar-refractivity contribution in [2.24, 2.45) is 5.10 Å². The number of hydrazone groups is 1. The van der Waals surface area contributed by atoms with Gasteiger partial charge in [-0.2, -0.15) is 5.10 Å². The van der Waals surface area contributed by atoms with Crippen LogP contribution < -0.4 is 25.0 Å². The van der Waals surface area contributed by atoms with Gasteiger partial charge in [0.1, 0.15) is 5.75 Å². The molecule has 0 aliphatic carbocycles. The number of rotatable bonds is 10. The predicted octanol–water partition coefficient (Wildman–Crippen LogP) is 5.25. The number of benzene rings is 3. The number of aryl methyl sites for hydroxylation is 1. The maximum atomic E-state index is 12.5. The van der Waals surface area contributed by atoms with E-state index >= 15 is 0 Å². The van der Waals surface area contributed by atoms with Gasteiger partial charge >= 0.3 is 0 Å². The van der Waals surface area contributed by atoms with E-state index in [9.17, 15) is 9.59 Å². The molecule has 2 amide bonds. The number of nitrogens with one attached hydrogen (secondary N) is 2. The number of carbonyl (C=O) groups is 2. The topological polar surface area (TPSA) is 98.2 Å². The van der Waals surface area contributed by atoms with Gasteiger partial charge in [0.2, 0.25) is 0 Å². The fourth-order valence-electron chi connectivity index (χ4n) is 3.27. The van der Waals surface area contributed by atoms with Crippen molar-refractivity contribution in [1.82, 2.24) is 5.43 Å². The molecule has 8 nitrogen and oxygen atoms in total. The summed E-state index contributed by atoms with van der Waals surface area (Å²) < 4.78 is 17.2. The van der Waals surface area contributed by atoms with E-state index in [4.69, 9.17) is 14.2 Å². The lowest BCUT2D eigenvalue weighted by Gasteiger charge is -2.15. The molecular formula is C27H28BrN3O5. The lowest BCUT2D eigenvalue weighted by molar-refractivity contribution is -0.118. The maximum absolute atomic E-state index is 12.5. The van der Waals surface area contributed by atoms with Crippen molar-refractivity contribution in [3.8, 4) is 17.2 Å². The molecule has 0 saturated carbocycles. The number of amides is 2. The van der Waals surface area contributed by atoms with E-state index in [1.54, 1.807) is 36.4 Å². The van der Waals surface area contributed by atoms with Crippen LogP contribution >= 0.6 is 15.9 Å². The fraction of sp³-hybridized carbons (Fsp3) is 0.222. The van der Waals surface area contributed by atoms with Crippen molar-refractivity contribution in [3.63, 3.8) is 0 Å². The first-order valence-electron chi connectivity index (χ1n) is 11.2. The predicted molar refractivity (Wildman–Crippen MR) is 143 cm³/mol. The smallest absolute Gasteiger partial charge is 0.271 e. The minimum Gasteiger partial charge on any atom is -0.497 e. The molecule has 2 N–H and O–H groups in total. The normalized spacial score (nSPS) is 10.7. The summed E-state index contributed by atoms with van der Waals surface area (Å²) >= 11 is 3.48. The van der Waals surface area contributed by atoms with Crippen LogP contribution in [0, 0.1) is 13.8 Å². The summed E-state index contributed by atoms with van der Waals surface area (Å²) in [5.74, 6) is 0.751. The van der Waals surface area contributed by atoms with Gasteiger partial charge in [-0.05, 0) is 89.8 Å². The van der Waals surface area contributed by atoms with E-state index in [0.29, 0.717) is 39.5 Å². The molecule has 0 saturated heterocycles. The Morgan fingerprint density at radius 3 is 2.58 bits per heavy atom. The highest BCUT2D eigenvalue weighted by Crippen LogP contribution is 2.36. The molecular weight excluding hydrogens is 526 g/mol. The molecule has 36 heavy (non-hydrogen) atoms. The van der Waals surface area contributed by atoms with Gasteiger partial charge in [-0.25, -0.2) is 5.43 Å². The second-order valence-corrected chi connectivity index (χ2v) is 8.63. The summed E-state index contributed by atoms with van der Waals surface area (Å²) in [6.45, 7) is 5.98. The molecule has 0 atom stereocenters. The molecule has 0 aliphatic rings. The van der Waals surface area contributed by atoms with Gasteiger partial charge in [0.05, 0.1) is 24.4 Å². The number of halogens is 1. The number of anilines is 1. The van der Waals surface area contributed by atoms with Crippen LogP contribution in [0.25, 0.3) is 0 Å². The fourth-order valence-corrected chi connectivity index (χ4v) is 3.84. The van der Waals surface area contributed by atoms with Crippen molar-refractivity contribution in [1.29, 1.82) is 0 Å². The van der Waals surface area contributed by atoms with Crippen LogP contribution in [0.15, 0.2) is 64.2 Å². The van der Waals surface area contributed by atoms with Crippen molar-refractivity contribution < 1.29 is 23.8 Å². The van der Waals surface area contributed by atoms with Gasteiger partial charge in [-0.1, -0.05) is 18.2 Å². The Labute approximate surface area is 218 Å². The zero-order valence-corrected chi connectivity index (χ0v) is 22.1. The third-order valence-electron chi connectivity index (χ3n) is 5.27. The molecule has 0 spiro atoms. The Balaban J connectivity index is 1.67. The number of hydrogen-bond acceptors (Lipinski definition) is 6. The quantitative estimate of drug-likeness (QED) is 0.264. The number of hydrogen-bond donors (Lipinski definition) is 2. The zero-order chi connectivity index (χ0) is 26.1. The van der Waals surface area contributed by atoms with Crippen LogP contribution in [0.4, 0.5) is 5.69 Å². The van der Waals surface area contributed by atoms with Gasteiger partial charge in [0.15, 0.2) is 18.1 Å². The summed E-state index contributed by atoms with van der Waals surface area (Å²) in [6, 6.07) is 16.0. The summed E-state index contributed by atoms with van der Waals surface area (Å²) in [5, 5.41) is 6.91. The first-order valence-corrected chi connectivity index (χ1v) is 12.0. The molecule has 3 aromatic rings. The van der Waals surface area contributed by atoms with E-state index in [1.165, 1.54) is 13.3 Å². The van der Waals surface area contributed by atoms with E-state index < -0.39 is 0 Å². The van der Waals surface area contributed by atoms with Gasteiger partial charge in [-0.15, -0.1) is 0 Å². The molecule has 0 fully saturated rings. The molecule has 0 unspecified atom stereocenters. The van der Waals surface area contributed by atoms with E-state index in [-0.39, 0.29) is 18.4 Å². The standard InChI is InChI=1S/C27H28BrN3O5/c1-5-35-24-13-19(15-29-31-27(33)20-9-7-10-21(14-20)34-4)12-22(28)26(24)36-16-25(32)30-23-11-6-8-17(2)18(23)3/h6-15H,5,16H2,1-4H3,(H,30,32)(H,31,33)/b29-15+. The van der Waals surface area contributed by atoms with Crippen LogP contribution in [-0.2, 0) is 4.79 Å². The molecule has 3 aromatic carbocycles. The molecule has 9 heteroatoms. The van der Waals surface area contributed by atoms with Gasteiger partial charge < -0.3 is 19.5 Å². The van der Waals surface area contributed by atoms with E-state index in [0.717, 1.165) is 16.8 Å². The molecule has 3 rings (SSSR count). The highest BCUT2D eigenvalue weighted by Gasteiger charge is 2.15. The SMILES string of the molecule is CCOc1cc(/C=N/NC(=O)c2cccc(OC)c2)cc(Br)c1OCC(=O)Nc1cccc(C)c1C. The summed E-state index contributed by atoms with van der Waals surface area (Å²) in [6.07, 6.45) is 1.49. The Morgan fingerprint density at radius 1 is 1.06 bits per heavy atom. The highest BCUT2D eigenvalue weighted by atomic mass is 79.9. The largest absolute Gasteiger partial charge is 0.497 e. The number of methoxy groups -OCH3 is 1. The Morgan fingerprint density at radius 2 is 1.83 bits per heavy atom. The van der Waals surface area contributed by atoms with Gasteiger partial charge in [-0.3, -0.25) is 9.59 Å². The molecule has 0 aliphatic heterocycles. The second-order valence-electron chi connectivity index (χ2n) is 7.78. The van der Waals surface area contributed by atoms with Crippen LogP contribution in [0.1, 0.15) is 34.0 Å². The minimum absolute atomic E-state index is 0.198. The van der Waals surface area contributed by atoms with Crippen molar-refractivity contribution >= 4 is 39.6 Å². The van der Waals surface area contributed by atoms with Crippen LogP contribution in [0.5, 0.6) is 17.2 Å². The van der Waals surface area contributed by atoms with Crippen LogP contribution in [0.2, 0.25) is 0 Å². The van der Waals surface area contributed by atoms with Gasteiger partial charge in [0, 0.05) is 11.3 Å². The summed E-state index contributed by atoms with van der Waals surface area (Å²) in [7, 11) is 1.54. The third-order valence-corrected chi connectivity index (χ3v) is 5.86. The van der Waals surface area contributed by atoms with Crippen molar-refractivity contribution in [2.75, 3.05) is 25.6 Å². The highest BCUT2D eigenvalue weighted by molar-refractivity contribution is 9.10. The molecule has 0 radical (unpaired) electrons. The van der Waals surface area contributed by atoms with Crippen molar-refractivity contribution in [2.45, 2.75) is 20.8 Å². The Hall–Kier alpha value is -3.85. The molecule has 188 valence electrons. The Bertz CT molecular complexity index is 1280. The Kier molecular flexibility index (Phi) is 9.46. The zero-order valence-electron chi connectivity index (χ0n) is 20.6. The lowest BCUT2D eigenvalue weighted by atomic mass is 10.1. The van der Waals surface area contributed by atoms with Crippen LogP contribution in [-0.4, -0.2) is 38.4 Å². The first kappa shape index (κ1) is 26.7. The summed E-state index contributed by atoms with van der Waals surface area (Å²) in [4.78, 5) is 24.8. The average molecular weight is 554 g/mol. The summed E-state index contributed by atoms with van der Waals surface area (Å²) in [5.41, 5.74) is 6.41. The minimum atomic E-state index is -0.371. The number of carbonyl (C=O) groups excluding carboxylic acids is 2. The van der Waals surface area contributed by atoms with E-state index in [1.807, 2.05) is 39.0 Å². The average Bonchev–Trinajstić information content (AvgIpc) is 2.86. The van der Waals surface area contributed by atoms with Crippen molar-refractivity contribution in [3.05, 3.63) is 81.3 Å². The molecule has 0 heterocycles. The van der Waals surface area contributed by atoms with E-state index in [2.05, 4.69) is 31.8 Å². The number of nitrogens with zero attached hydrogens (tertiary/aromatic N) is 1. The monoisotopic (exact) mass is 553 g/mol. The molecule has 0 bridgehead atoms.